The highest BCUT2D eigenvalue weighted by molar-refractivity contribution is 5.67. The highest BCUT2D eigenvalue weighted by Crippen LogP contribution is 2.30. The summed E-state index contributed by atoms with van der Waals surface area (Å²) in [5, 5.41) is 13.1. The SMILES string of the molecule is COC(O)c1ccc(N[C@@H]2CCCC[C@H]2C)c(N)c1. The average molecular weight is 264 g/mol. The molecule has 1 fully saturated rings. The van der Waals surface area contributed by atoms with Crippen LogP contribution >= 0.6 is 0 Å². The number of aliphatic hydroxyl groups is 1. The van der Waals surface area contributed by atoms with Crippen LogP contribution in [0.3, 0.4) is 0 Å². The first kappa shape index (κ1) is 14.2. The van der Waals surface area contributed by atoms with Gasteiger partial charge >= 0.3 is 0 Å². The maximum absolute atomic E-state index is 9.61. The Kier molecular flexibility index (Phi) is 4.66. The smallest absolute Gasteiger partial charge is 0.180 e. The van der Waals surface area contributed by atoms with E-state index in [1.807, 2.05) is 12.1 Å². The molecule has 1 aromatic rings. The number of methoxy groups -OCH3 is 1. The quantitative estimate of drug-likeness (QED) is 0.578. The normalized spacial score (nSPS) is 25.0. The molecular formula is C15H24N2O2. The van der Waals surface area contributed by atoms with Gasteiger partial charge in [0.05, 0.1) is 11.4 Å². The second kappa shape index (κ2) is 6.26. The zero-order valence-electron chi connectivity index (χ0n) is 11.7. The average Bonchev–Trinajstić information content (AvgIpc) is 2.42. The number of hydrogen-bond donors (Lipinski definition) is 3. The predicted molar refractivity (Wildman–Crippen MR) is 77.9 cm³/mol. The van der Waals surface area contributed by atoms with E-state index in [0.717, 1.165) is 5.69 Å². The van der Waals surface area contributed by atoms with E-state index in [0.29, 0.717) is 23.2 Å². The first-order valence-corrected chi connectivity index (χ1v) is 6.98. The Labute approximate surface area is 115 Å². The van der Waals surface area contributed by atoms with Gasteiger partial charge in [0.25, 0.3) is 0 Å². The van der Waals surface area contributed by atoms with Crippen LogP contribution in [0.4, 0.5) is 11.4 Å². The van der Waals surface area contributed by atoms with E-state index in [2.05, 4.69) is 12.2 Å². The lowest BCUT2D eigenvalue weighted by Crippen LogP contribution is -2.30. The van der Waals surface area contributed by atoms with Crippen LogP contribution in [-0.2, 0) is 4.74 Å². The van der Waals surface area contributed by atoms with Crippen molar-refractivity contribution in [1.82, 2.24) is 0 Å². The standard InChI is InChI=1S/C15H24N2O2/c1-10-5-3-4-6-13(10)17-14-8-7-11(9-12(14)16)15(18)19-2/h7-10,13,15,17-18H,3-6,16H2,1-2H3/t10-,13-,15?/m1/s1. The molecule has 1 aromatic carbocycles. The number of hydrogen-bond acceptors (Lipinski definition) is 4. The van der Waals surface area contributed by atoms with E-state index < -0.39 is 6.29 Å². The van der Waals surface area contributed by atoms with Crippen molar-refractivity contribution >= 4 is 11.4 Å². The molecule has 4 heteroatoms. The summed E-state index contributed by atoms with van der Waals surface area (Å²) in [5.74, 6) is 0.678. The molecule has 19 heavy (non-hydrogen) atoms. The minimum Gasteiger partial charge on any atom is -0.397 e. The second-order valence-electron chi connectivity index (χ2n) is 5.45. The highest BCUT2D eigenvalue weighted by atomic mass is 16.6. The molecular weight excluding hydrogens is 240 g/mol. The molecule has 0 heterocycles. The molecule has 0 saturated heterocycles. The molecule has 2 rings (SSSR count). The third kappa shape index (κ3) is 3.39. The molecule has 0 radical (unpaired) electrons. The molecule has 106 valence electrons. The van der Waals surface area contributed by atoms with Gasteiger partial charge in [-0.2, -0.15) is 0 Å². The fraction of sp³-hybridized carbons (Fsp3) is 0.600. The zero-order valence-corrected chi connectivity index (χ0v) is 11.7. The van der Waals surface area contributed by atoms with E-state index in [9.17, 15) is 5.11 Å². The van der Waals surface area contributed by atoms with Crippen molar-refractivity contribution in [2.24, 2.45) is 5.92 Å². The second-order valence-corrected chi connectivity index (χ2v) is 5.45. The van der Waals surface area contributed by atoms with Gasteiger partial charge in [0.15, 0.2) is 6.29 Å². The molecule has 1 aliphatic rings. The molecule has 4 nitrogen and oxygen atoms in total. The summed E-state index contributed by atoms with van der Waals surface area (Å²) in [6, 6.07) is 6.03. The Morgan fingerprint density at radius 3 is 2.74 bits per heavy atom. The van der Waals surface area contributed by atoms with Gasteiger partial charge in [0, 0.05) is 18.7 Å². The van der Waals surface area contributed by atoms with Crippen molar-refractivity contribution in [3.8, 4) is 0 Å². The minimum absolute atomic E-state index is 0.495. The monoisotopic (exact) mass is 264 g/mol. The number of nitrogens with two attached hydrogens (primary N) is 1. The van der Waals surface area contributed by atoms with Gasteiger partial charge in [-0.05, 0) is 30.9 Å². The van der Waals surface area contributed by atoms with Gasteiger partial charge in [-0.25, -0.2) is 0 Å². The Morgan fingerprint density at radius 2 is 2.11 bits per heavy atom. The molecule has 1 unspecified atom stereocenters. The van der Waals surface area contributed by atoms with Gasteiger partial charge in [-0.3, -0.25) is 0 Å². The summed E-state index contributed by atoms with van der Waals surface area (Å²) in [4.78, 5) is 0. The number of benzene rings is 1. The van der Waals surface area contributed by atoms with Gasteiger partial charge in [-0.15, -0.1) is 0 Å². The number of aliphatic hydroxyl groups excluding tert-OH is 1. The zero-order chi connectivity index (χ0) is 13.8. The molecule has 0 aromatic heterocycles. The third-order valence-electron chi connectivity index (χ3n) is 4.04. The summed E-state index contributed by atoms with van der Waals surface area (Å²) < 4.78 is 4.88. The minimum atomic E-state index is -0.912. The van der Waals surface area contributed by atoms with Crippen LogP contribution in [0.1, 0.15) is 44.5 Å². The number of ether oxygens (including phenoxy) is 1. The van der Waals surface area contributed by atoms with E-state index in [-0.39, 0.29) is 0 Å². The van der Waals surface area contributed by atoms with Gasteiger partial charge in [-0.1, -0.05) is 25.8 Å². The van der Waals surface area contributed by atoms with Gasteiger partial charge in [0.2, 0.25) is 0 Å². The van der Waals surface area contributed by atoms with E-state index >= 15 is 0 Å². The number of rotatable bonds is 4. The maximum Gasteiger partial charge on any atom is 0.180 e. The van der Waals surface area contributed by atoms with Crippen LogP contribution in [-0.4, -0.2) is 18.3 Å². The molecule has 0 amide bonds. The predicted octanol–water partition coefficient (Wildman–Crippen LogP) is 2.90. The molecule has 4 N–H and O–H groups in total. The number of anilines is 2. The Morgan fingerprint density at radius 1 is 1.37 bits per heavy atom. The Bertz CT molecular complexity index is 423. The molecule has 0 aliphatic heterocycles. The third-order valence-corrected chi connectivity index (χ3v) is 4.04. The number of nitrogens with one attached hydrogen (secondary N) is 1. The van der Waals surface area contributed by atoms with Crippen molar-refractivity contribution < 1.29 is 9.84 Å². The first-order chi connectivity index (χ1) is 9.11. The lowest BCUT2D eigenvalue weighted by atomic mass is 9.86. The largest absolute Gasteiger partial charge is 0.397 e. The highest BCUT2D eigenvalue weighted by Gasteiger charge is 2.21. The fourth-order valence-corrected chi connectivity index (χ4v) is 2.73. The van der Waals surface area contributed by atoms with Crippen molar-refractivity contribution in [1.29, 1.82) is 0 Å². The molecule has 1 aliphatic carbocycles. The summed E-state index contributed by atoms with van der Waals surface area (Å²) in [6.45, 7) is 2.29. The molecule has 1 saturated carbocycles. The first-order valence-electron chi connectivity index (χ1n) is 6.98. The Hall–Kier alpha value is -1.26. The van der Waals surface area contributed by atoms with Crippen molar-refractivity contribution in [3.05, 3.63) is 23.8 Å². The topological polar surface area (TPSA) is 67.5 Å². The van der Waals surface area contributed by atoms with Crippen LogP contribution < -0.4 is 11.1 Å². The lowest BCUT2D eigenvalue weighted by Gasteiger charge is -2.31. The summed E-state index contributed by atoms with van der Waals surface area (Å²) >= 11 is 0. The van der Waals surface area contributed by atoms with E-state index in [4.69, 9.17) is 10.5 Å². The maximum atomic E-state index is 9.61. The van der Waals surface area contributed by atoms with E-state index in [1.165, 1.54) is 32.8 Å². The van der Waals surface area contributed by atoms with Crippen LogP contribution in [0.15, 0.2) is 18.2 Å². The van der Waals surface area contributed by atoms with Crippen LogP contribution in [0.2, 0.25) is 0 Å². The van der Waals surface area contributed by atoms with Gasteiger partial charge in [0.1, 0.15) is 0 Å². The van der Waals surface area contributed by atoms with Crippen LogP contribution in [0.5, 0.6) is 0 Å². The van der Waals surface area contributed by atoms with Crippen molar-refractivity contribution in [3.63, 3.8) is 0 Å². The Balaban J connectivity index is 2.08. The van der Waals surface area contributed by atoms with Crippen molar-refractivity contribution in [2.45, 2.75) is 44.9 Å². The summed E-state index contributed by atoms with van der Waals surface area (Å²) in [5.41, 5.74) is 8.34. The molecule has 0 bridgehead atoms. The van der Waals surface area contributed by atoms with Crippen LogP contribution in [0.25, 0.3) is 0 Å². The van der Waals surface area contributed by atoms with Crippen LogP contribution in [0, 0.1) is 5.92 Å². The van der Waals surface area contributed by atoms with E-state index in [1.54, 1.807) is 6.07 Å². The fourth-order valence-electron chi connectivity index (χ4n) is 2.73. The molecule has 0 spiro atoms. The lowest BCUT2D eigenvalue weighted by molar-refractivity contribution is -0.0768. The van der Waals surface area contributed by atoms with Crippen molar-refractivity contribution in [2.75, 3.05) is 18.2 Å². The summed E-state index contributed by atoms with van der Waals surface area (Å²) in [7, 11) is 1.47. The van der Waals surface area contributed by atoms with Gasteiger partial charge < -0.3 is 20.9 Å². The summed E-state index contributed by atoms with van der Waals surface area (Å²) in [6.07, 6.45) is 4.17. The molecule has 3 atom stereocenters. The number of nitrogen functional groups attached to an aromatic ring is 1.